The minimum atomic E-state index is -4.42. The maximum atomic E-state index is 12.4. The number of halogens is 3. The Balaban J connectivity index is 2.26. The molecule has 0 amide bonds. The Bertz CT molecular complexity index is 506. The normalized spacial score (nSPS) is 13.3. The van der Waals surface area contributed by atoms with Crippen LogP contribution in [0, 0.1) is 0 Å². The van der Waals surface area contributed by atoms with Crippen molar-refractivity contribution in [3.05, 3.63) is 54.2 Å². The smallest absolute Gasteiger partial charge is 0.316 e. The Morgan fingerprint density at radius 3 is 2.17 bits per heavy atom. The largest absolute Gasteiger partial charge is 0.407 e. The molecular weight excluding hydrogens is 241 g/mol. The van der Waals surface area contributed by atoms with Crippen molar-refractivity contribution in [1.82, 2.24) is 4.98 Å². The molecule has 2 N–H and O–H groups in total. The predicted octanol–water partition coefficient (Wildman–Crippen LogP) is 3.31. The van der Waals surface area contributed by atoms with Crippen LogP contribution in [0.15, 0.2) is 48.7 Å². The first-order chi connectivity index (χ1) is 8.48. The number of alkyl halides is 3. The summed E-state index contributed by atoms with van der Waals surface area (Å²) in [6.45, 7) is 0. The second-order valence-electron chi connectivity index (χ2n) is 3.86. The van der Waals surface area contributed by atoms with Crippen molar-refractivity contribution in [1.29, 1.82) is 0 Å². The van der Waals surface area contributed by atoms with Crippen molar-refractivity contribution in [2.24, 2.45) is 5.73 Å². The van der Waals surface area contributed by atoms with Crippen LogP contribution in [0.3, 0.4) is 0 Å². The summed E-state index contributed by atoms with van der Waals surface area (Å²) in [6, 6.07) is 9.36. The molecule has 18 heavy (non-hydrogen) atoms. The van der Waals surface area contributed by atoms with Crippen LogP contribution in [0.4, 0.5) is 13.2 Å². The van der Waals surface area contributed by atoms with Crippen LogP contribution >= 0.6 is 0 Å². The monoisotopic (exact) mass is 252 g/mol. The quantitative estimate of drug-likeness (QED) is 0.890. The molecule has 0 fully saturated rings. The molecule has 5 heteroatoms. The minimum absolute atomic E-state index is 0.0437. The van der Waals surface area contributed by atoms with Crippen LogP contribution in [0.2, 0.25) is 0 Å². The topological polar surface area (TPSA) is 38.9 Å². The first-order valence-corrected chi connectivity index (χ1v) is 5.32. The molecule has 0 unspecified atom stereocenters. The summed E-state index contributed by atoms with van der Waals surface area (Å²) < 4.78 is 37.3. The number of pyridine rings is 1. The number of nitrogens with two attached hydrogens (primary N) is 1. The van der Waals surface area contributed by atoms with E-state index in [0.29, 0.717) is 5.69 Å². The number of hydrogen-bond donors (Lipinski definition) is 1. The molecule has 0 aliphatic carbocycles. The molecule has 0 bridgehead atoms. The molecule has 0 saturated carbocycles. The van der Waals surface area contributed by atoms with E-state index >= 15 is 0 Å². The molecule has 1 atom stereocenters. The SMILES string of the molecule is N[C@@H](c1ccc(-c2ccccn2)cc1)C(F)(F)F. The molecule has 2 aromatic rings. The standard InChI is InChI=1S/C13H11F3N2/c14-13(15,16)12(17)10-6-4-9(5-7-10)11-3-1-2-8-18-11/h1-8,12H,17H2/t12-/m0/s1. The van der Waals surface area contributed by atoms with E-state index in [4.69, 9.17) is 5.73 Å². The molecular formula is C13H11F3N2. The molecule has 0 saturated heterocycles. The van der Waals surface area contributed by atoms with Gasteiger partial charge in [-0.3, -0.25) is 4.98 Å². The van der Waals surface area contributed by atoms with Crippen molar-refractivity contribution in [3.63, 3.8) is 0 Å². The van der Waals surface area contributed by atoms with Gasteiger partial charge < -0.3 is 5.73 Å². The van der Waals surface area contributed by atoms with Gasteiger partial charge in [0.1, 0.15) is 6.04 Å². The summed E-state index contributed by atoms with van der Waals surface area (Å²) >= 11 is 0. The number of rotatable bonds is 2. The molecule has 94 valence electrons. The second kappa shape index (κ2) is 4.78. The van der Waals surface area contributed by atoms with Crippen molar-refractivity contribution in [2.75, 3.05) is 0 Å². The Kier molecular flexibility index (Phi) is 3.34. The third-order valence-corrected chi connectivity index (χ3v) is 2.58. The molecule has 0 aliphatic heterocycles. The van der Waals surface area contributed by atoms with Gasteiger partial charge >= 0.3 is 6.18 Å². The van der Waals surface area contributed by atoms with Crippen LogP contribution in [-0.2, 0) is 0 Å². The zero-order chi connectivity index (χ0) is 13.2. The maximum Gasteiger partial charge on any atom is 0.407 e. The maximum absolute atomic E-state index is 12.4. The third kappa shape index (κ3) is 2.68. The third-order valence-electron chi connectivity index (χ3n) is 2.58. The van der Waals surface area contributed by atoms with Gasteiger partial charge in [-0.05, 0) is 17.7 Å². The Morgan fingerprint density at radius 2 is 1.67 bits per heavy atom. The number of hydrogen-bond acceptors (Lipinski definition) is 2. The lowest BCUT2D eigenvalue weighted by molar-refractivity contribution is -0.149. The number of benzene rings is 1. The molecule has 1 heterocycles. The highest BCUT2D eigenvalue weighted by Crippen LogP contribution is 2.31. The summed E-state index contributed by atoms with van der Waals surface area (Å²) in [5.74, 6) is 0. The minimum Gasteiger partial charge on any atom is -0.316 e. The van der Waals surface area contributed by atoms with E-state index in [2.05, 4.69) is 4.98 Å². The Hall–Kier alpha value is -1.88. The summed E-state index contributed by atoms with van der Waals surface area (Å²) in [7, 11) is 0. The lowest BCUT2D eigenvalue weighted by atomic mass is 10.0. The van der Waals surface area contributed by atoms with Gasteiger partial charge in [0.05, 0.1) is 5.69 Å². The molecule has 2 rings (SSSR count). The first kappa shape index (κ1) is 12.6. The van der Waals surface area contributed by atoms with Gasteiger partial charge in [0.2, 0.25) is 0 Å². The number of aromatic nitrogens is 1. The van der Waals surface area contributed by atoms with Crippen LogP contribution in [0.1, 0.15) is 11.6 Å². The zero-order valence-electron chi connectivity index (χ0n) is 9.35. The van der Waals surface area contributed by atoms with Crippen LogP contribution in [-0.4, -0.2) is 11.2 Å². The summed E-state index contributed by atoms with van der Waals surface area (Å²) in [5, 5.41) is 0. The lowest BCUT2D eigenvalue weighted by Gasteiger charge is -2.16. The Labute approximate surface area is 102 Å². The van der Waals surface area contributed by atoms with Gasteiger partial charge in [-0.1, -0.05) is 30.3 Å². The average Bonchev–Trinajstić information content (AvgIpc) is 2.38. The molecule has 0 aliphatic rings. The Morgan fingerprint density at radius 1 is 1.00 bits per heavy atom. The fourth-order valence-corrected chi connectivity index (χ4v) is 1.58. The molecule has 0 spiro atoms. The van der Waals surface area contributed by atoms with Crippen LogP contribution < -0.4 is 5.73 Å². The van der Waals surface area contributed by atoms with Crippen LogP contribution in [0.5, 0.6) is 0 Å². The van der Waals surface area contributed by atoms with Crippen molar-refractivity contribution in [3.8, 4) is 11.3 Å². The van der Waals surface area contributed by atoms with E-state index in [1.165, 1.54) is 12.1 Å². The van der Waals surface area contributed by atoms with Gasteiger partial charge in [0.25, 0.3) is 0 Å². The van der Waals surface area contributed by atoms with E-state index in [0.717, 1.165) is 5.56 Å². The highest BCUT2D eigenvalue weighted by Gasteiger charge is 2.37. The summed E-state index contributed by atoms with van der Waals surface area (Å²) in [6.07, 6.45) is -2.79. The fourth-order valence-electron chi connectivity index (χ4n) is 1.58. The van der Waals surface area contributed by atoms with Crippen molar-refractivity contribution in [2.45, 2.75) is 12.2 Å². The van der Waals surface area contributed by atoms with Gasteiger partial charge in [-0.25, -0.2) is 0 Å². The van der Waals surface area contributed by atoms with E-state index in [9.17, 15) is 13.2 Å². The predicted molar refractivity (Wildman–Crippen MR) is 62.7 cm³/mol. The van der Waals surface area contributed by atoms with Crippen molar-refractivity contribution < 1.29 is 13.2 Å². The summed E-state index contributed by atoms with van der Waals surface area (Å²) in [5.41, 5.74) is 6.63. The van der Waals surface area contributed by atoms with E-state index in [1.807, 2.05) is 6.07 Å². The average molecular weight is 252 g/mol. The van der Waals surface area contributed by atoms with E-state index in [-0.39, 0.29) is 5.56 Å². The van der Waals surface area contributed by atoms with Gasteiger partial charge in [0, 0.05) is 11.8 Å². The highest BCUT2D eigenvalue weighted by molar-refractivity contribution is 5.59. The van der Waals surface area contributed by atoms with E-state index in [1.54, 1.807) is 30.5 Å². The molecule has 0 radical (unpaired) electrons. The fraction of sp³-hybridized carbons (Fsp3) is 0.154. The zero-order valence-corrected chi connectivity index (χ0v) is 9.35. The molecule has 2 nitrogen and oxygen atoms in total. The lowest BCUT2D eigenvalue weighted by Crippen LogP contribution is -2.28. The second-order valence-corrected chi connectivity index (χ2v) is 3.86. The highest BCUT2D eigenvalue weighted by atomic mass is 19.4. The first-order valence-electron chi connectivity index (χ1n) is 5.32. The van der Waals surface area contributed by atoms with E-state index < -0.39 is 12.2 Å². The summed E-state index contributed by atoms with van der Waals surface area (Å²) in [4.78, 5) is 4.12. The molecule has 1 aromatic carbocycles. The van der Waals surface area contributed by atoms with Gasteiger partial charge in [0.15, 0.2) is 0 Å². The van der Waals surface area contributed by atoms with Gasteiger partial charge in [-0.2, -0.15) is 13.2 Å². The van der Waals surface area contributed by atoms with Crippen LogP contribution in [0.25, 0.3) is 11.3 Å². The number of nitrogens with zero attached hydrogens (tertiary/aromatic N) is 1. The van der Waals surface area contributed by atoms with Crippen molar-refractivity contribution >= 4 is 0 Å². The molecule has 1 aromatic heterocycles. The van der Waals surface area contributed by atoms with Gasteiger partial charge in [-0.15, -0.1) is 0 Å².